The quantitative estimate of drug-likeness (QED) is 0.610. The van der Waals surface area contributed by atoms with Gasteiger partial charge in [0.1, 0.15) is 11.0 Å². The van der Waals surface area contributed by atoms with Crippen molar-refractivity contribution in [1.29, 1.82) is 0 Å². The van der Waals surface area contributed by atoms with Crippen molar-refractivity contribution in [1.82, 2.24) is 23.9 Å². The van der Waals surface area contributed by atoms with E-state index < -0.39 is 0 Å². The van der Waals surface area contributed by atoms with Crippen LogP contribution >= 0.6 is 11.7 Å². The molecule has 3 aromatic rings. The second-order valence-electron chi connectivity index (χ2n) is 9.58. The number of benzene rings is 2. The van der Waals surface area contributed by atoms with Gasteiger partial charge in [-0.1, -0.05) is 12.1 Å². The van der Waals surface area contributed by atoms with Crippen LogP contribution in [0.25, 0.3) is 11.0 Å². The summed E-state index contributed by atoms with van der Waals surface area (Å²) in [5.41, 5.74) is 7.47. The van der Waals surface area contributed by atoms with Crippen molar-refractivity contribution < 1.29 is 9.59 Å². The molecule has 2 amide bonds. The van der Waals surface area contributed by atoms with Crippen LogP contribution < -0.4 is 5.32 Å². The number of nitrogens with one attached hydrogen (secondary N) is 1. The lowest BCUT2D eigenvalue weighted by molar-refractivity contribution is -0.138. The molecule has 0 radical (unpaired) electrons. The summed E-state index contributed by atoms with van der Waals surface area (Å²) in [4.78, 5) is 30.2. The fourth-order valence-electron chi connectivity index (χ4n) is 5.12. The first kappa shape index (κ1) is 22.9. The fraction of sp³-hybridized carbons (Fsp3) is 0.462. The van der Waals surface area contributed by atoms with Gasteiger partial charge in [-0.2, -0.15) is 8.75 Å². The molecule has 1 N–H and O–H groups in total. The molecule has 0 spiro atoms. The van der Waals surface area contributed by atoms with Crippen molar-refractivity contribution in [2.24, 2.45) is 5.92 Å². The first-order valence-corrected chi connectivity index (χ1v) is 12.8. The molecule has 2 aliphatic heterocycles. The summed E-state index contributed by atoms with van der Waals surface area (Å²) in [6.07, 6.45) is 2.90. The molecule has 178 valence electrons. The number of aryl methyl sites for hydroxylation is 2. The van der Waals surface area contributed by atoms with Crippen molar-refractivity contribution in [3.05, 3.63) is 58.1 Å². The standard InChI is InChI=1S/C26H31N5O2S/c1-17-12-19-7-10-31(16-22(19)13-18(17)2)26(33)21-4-3-9-30(15-21)11-8-27-25(32)20-5-6-23-24(14-20)29-34-28-23/h5-6,12-14,21H,3-4,7-11,15-16H2,1-2H3,(H,27,32). The Morgan fingerprint density at radius 2 is 1.85 bits per heavy atom. The van der Waals surface area contributed by atoms with E-state index in [2.05, 4.69) is 49.8 Å². The van der Waals surface area contributed by atoms with Crippen molar-refractivity contribution in [2.45, 2.75) is 39.7 Å². The number of rotatable bonds is 5. The van der Waals surface area contributed by atoms with Gasteiger partial charge < -0.3 is 15.1 Å². The van der Waals surface area contributed by atoms with E-state index in [-0.39, 0.29) is 17.7 Å². The molecule has 1 aromatic heterocycles. The van der Waals surface area contributed by atoms with Crippen LogP contribution in [0.2, 0.25) is 0 Å². The number of hydrogen-bond donors (Lipinski definition) is 1. The summed E-state index contributed by atoms with van der Waals surface area (Å²) in [7, 11) is 0. The van der Waals surface area contributed by atoms with Crippen LogP contribution in [0.3, 0.4) is 0 Å². The van der Waals surface area contributed by atoms with Crippen LogP contribution in [-0.2, 0) is 17.8 Å². The lowest BCUT2D eigenvalue weighted by atomic mass is 9.92. The third-order valence-corrected chi connectivity index (χ3v) is 7.78. The van der Waals surface area contributed by atoms with Crippen molar-refractivity contribution >= 4 is 34.6 Å². The van der Waals surface area contributed by atoms with Crippen LogP contribution in [0.5, 0.6) is 0 Å². The first-order chi connectivity index (χ1) is 16.5. The number of nitrogens with zero attached hydrogens (tertiary/aromatic N) is 4. The van der Waals surface area contributed by atoms with E-state index in [4.69, 9.17) is 0 Å². The Balaban J connectivity index is 1.13. The highest BCUT2D eigenvalue weighted by Gasteiger charge is 2.31. The Hall–Kier alpha value is -2.84. The topological polar surface area (TPSA) is 78.4 Å². The molecular formula is C26H31N5O2S. The summed E-state index contributed by atoms with van der Waals surface area (Å²) >= 11 is 1.15. The lowest BCUT2D eigenvalue weighted by Crippen LogP contribution is -2.47. The van der Waals surface area contributed by atoms with E-state index in [1.807, 2.05) is 6.07 Å². The minimum Gasteiger partial charge on any atom is -0.351 e. The number of amides is 2. The number of piperidine rings is 1. The summed E-state index contributed by atoms with van der Waals surface area (Å²) in [5.74, 6) is 0.219. The highest BCUT2D eigenvalue weighted by Crippen LogP contribution is 2.26. The average Bonchev–Trinajstić information content (AvgIpc) is 3.32. The minimum atomic E-state index is -0.1000. The van der Waals surface area contributed by atoms with Crippen molar-refractivity contribution in [3.63, 3.8) is 0 Å². The third-order valence-electron chi connectivity index (χ3n) is 7.22. The molecular weight excluding hydrogens is 446 g/mol. The number of hydrogen-bond acceptors (Lipinski definition) is 6. The predicted octanol–water partition coefficient (Wildman–Crippen LogP) is 3.33. The summed E-state index contributed by atoms with van der Waals surface area (Å²) in [6, 6.07) is 9.94. The maximum Gasteiger partial charge on any atom is 0.251 e. The minimum absolute atomic E-state index is 0.0390. The Morgan fingerprint density at radius 3 is 2.71 bits per heavy atom. The highest BCUT2D eigenvalue weighted by atomic mass is 32.1. The summed E-state index contributed by atoms with van der Waals surface area (Å²) in [6.45, 7) is 8.87. The SMILES string of the molecule is Cc1cc2c(cc1C)CN(C(=O)C1CCCN(CCNC(=O)c3ccc4nsnc4c3)C1)CC2. The second-order valence-corrected chi connectivity index (χ2v) is 10.1. The molecule has 1 saturated heterocycles. The zero-order chi connectivity index (χ0) is 23.7. The van der Waals surface area contributed by atoms with Gasteiger partial charge in [0.15, 0.2) is 0 Å². The Bertz CT molecular complexity index is 1220. The van der Waals surface area contributed by atoms with E-state index in [0.717, 1.165) is 74.7 Å². The molecule has 1 unspecified atom stereocenters. The molecule has 8 heteroatoms. The molecule has 1 fully saturated rings. The second kappa shape index (κ2) is 9.80. The van der Waals surface area contributed by atoms with E-state index in [0.29, 0.717) is 12.1 Å². The first-order valence-electron chi connectivity index (χ1n) is 12.1. The van der Waals surface area contributed by atoms with Crippen LogP contribution in [0.4, 0.5) is 0 Å². The third kappa shape index (κ3) is 4.83. The highest BCUT2D eigenvalue weighted by molar-refractivity contribution is 7.00. The molecule has 34 heavy (non-hydrogen) atoms. The molecule has 0 aliphatic carbocycles. The molecule has 0 bridgehead atoms. The molecule has 2 aliphatic rings. The average molecular weight is 478 g/mol. The van der Waals surface area contributed by atoms with Crippen molar-refractivity contribution in [2.75, 3.05) is 32.7 Å². The smallest absolute Gasteiger partial charge is 0.251 e. The van der Waals surface area contributed by atoms with E-state index in [9.17, 15) is 9.59 Å². The van der Waals surface area contributed by atoms with Gasteiger partial charge in [-0.05, 0) is 80.1 Å². The monoisotopic (exact) mass is 477 g/mol. The van der Waals surface area contributed by atoms with Crippen LogP contribution in [-0.4, -0.2) is 63.1 Å². The Labute approximate surface area is 204 Å². The van der Waals surface area contributed by atoms with Gasteiger partial charge in [0, 0.05) is 38.3 Å². The summed E-state index contributed by atoms with van der Waals surface area (Å²) in [5, 5.41) is 3.01. The Morgan fingerprint density at radius 1 is 1.06 bits per heavy atom. The predicted molar refractivity (Wildman–Crippen MR) is 134 cm³/mol. The number of likely N-dealkylation sites (tertiary alicyclic amines) is 1. The number of carbonyl (C=O) groups excluding carboxylic acids is 2. The molecule has 1 atom stereocenters. The van der Waals surface area contributed by atoms with Gasteiger partial charge in [-0.25, -0.2) is 0 Å². The van der Waals surface area contributed by atoms with Crippen LogP contribution in [0.15, 0.2) is 30.3 Å². The van der Waals surface area contributed by atoms with E-state index in [1.165, 1.54) is 22.3 Å². The molecule has 7 nitrogen and oxygen atoms in total. The zero-order valence-electron chi connectivity index (χ0n) is 19.8. The van der Waals surface area contributed by atoms with Gasteiger partial charge in [0.05, 0.1) is 17.6 Å². The van der Waals surface area contributed by atoms with Gasteiger partial charge in [0.25, 0.3) is 5.91 Å². The maximum absolute atomic E-state index is 13.3. The van der Waals surface area contributed by atoms with E-state index in [1.54, 1.807) is 12.1 Å². The largest absolute Gasteiger partial charge is 0.351 e. The van der Waals surface area contributed by atoms with Gasteiger partial charge in [-0.15, -0.1) is 0 Å². The maximum atomic E-state index is 13.3. The molecule has 3 heterocycles. The van der Waals surface area contributed by atoms with E-state index >= 15 is 0 Å². The normalized spacial score (nSPS) is 18.6. The van der Waals surface area contributed by atoms with Crippen LogP contribution in [0.1, 0.15) is 45.5 Å². The fourth-order valence-corrected chi connectivity index (χ4v) is 5.63. The molecule has 0 saturated carbocycles. The lowest BCUT2D eigenvalue weighted by Gasteiger charge is -2.37. The number of carbonyl (C=O) groups is 2. The Kier molecular flexibility index (Phi) is 6.61. The molecule has 5 rings (SSSR count). The van der Waals surface area contributed by atoms with Gasteiger partial charge >= 0.3 is 0 Å². The van der Waals surface area contributed by atoms with Gasteiger partial charge in [-0.3, -0.25) is 9.59 Å². The molecule has 2 aromatic carbocycles. The summed E-state index contributed by atoms with van der Waals surface area (Å²) < 4.78 is 8.38. The van der Waals surface area contributed by atoms with Crippen molar-refractivity contribution in [3.8, 4) is 0 Å². The number of aromatic nitrogens is 2. The van der Waals surface area contributed by atoms with Gasteiger partial charge in [0.2, 0.25) is 5.91 Å². The number of fused-ring (bicyclic) bond motifs is 2. The van der Waals surface area contributed by atoms with Crippen LogP contribution in [0, 0.1) is 19.8 Å². The zero-order valence-corrected chi connectivity index (χ0v) is 20.7.